The Bertz CT molecular complexity index is 906. The van der Waals surface area contributed by atoms with Crippen molar-refractivity contribution in [3.8, 4) is 11.4 Å². The van der Waals surface area contributed by atoms with Gasteiger partial charge in [-0.15, -0.1) is 16.4 Å². The van der Waals surface area contributed by atoms with Gasteiger partial charge < -0.3 is 5.11 Å². The fraction of sp³-hybridized carbons (Fsp3) is 0. The summed E-state index contributed by atoms with van der Waals surface area (Å²) in [5, 5.41) is 17.2. The first-order chi connectivity index (χ1) is 11.5. The van der Waals surface area contributed by atoms with Crippen molar-refractivity contribution in [2.45, 2.75) is 5.16 Å². The van der Waals surface area contributed by atoms with Crippen LogP contribution in [0.15, 0.2) is 50.2 Å². The summed E-state index contributed by atoms with van der Waals surface area (Å²) in [6, 6.07) is 10.8. The molecule has 0 saturated heterocycles. The van der Waals surface area contributed by atoms with E-state index in [9.17, 15) is 9.90 Å². The molecule has 122 valence electrons. The minimum Gasteiger partial charge on any atom is -0.477 e. The molecule has 0 spiro atoms. The fourth-order valence-electron chi connectivity index (χ4n) is 1.80. The van der Waals surface area contributed by atoms with E-state index in [-0.39, 0.29) is 4.91 Å². The van der Waals surface area contributed by atoms with Gasteiger partial charge in [0.1, 0.15) is 4.91 Å². The number of aromatic amines is 1. The lowest BCUT2D eigenvalue weighted by Crippen LogP contribution is -1.96. The van der Waals surface area contributed by atoms with Crippen molar-refractivity contribution in [1.29, 1.82) is 0 Å². The number of nitrogens with one attached hydrogen (secondary N) is 1. The molecule has 0 amide bonds. The molecule has 0 atom stereocenters. The van der Waals surface area contributed by atoms with Crippen LogP contribution in [-0.2, 0) is 4.79 Å². The number of carbonyl (C=O) groups is 1. The van der Waals surface area contributed by atoms with Crippen LogP contribution in [0.25, 0.3) is 17.5 Å². The number of H-pyrrole nitrogens is 1. The zero-order chi connectivity index (χ0) is 17.1. The Morgan fingerprint density at radius 2 is 2.04 bits per heavy atom. The lowest BCUT2D eigenvalue weighted by molar-refractivity contribution is -0.131. The quantitative estimate of drug-likeness (QED) is 0.421. The second-order valence-electron chi connectivity index (χ2n) is 4.53. The van der Waals surface area contributed by atoms with Crippen LogP contribution in [-0.4, -0.2) is 26.3 Å². The number of benzene rings is 1. The number of halogens is 2. The predicted octanol–water partition coefficient (Wildman–Crippen LogP) is 5.17. The van der Waals surface area contributed by atoms with Crippen LogP contribution in [0.4, 0.5) is 0 Å². The summed E-state index contributed by atoms with van der Waals surface area (Å²) < 4.78 is 0.936. The molecule has 0 saturated carbocycles. The van der Waals surface area contributed by atoms with Crippen molar-refractivity contribution in [1.82, 2.24) is 15.2 Å². The molecule has 3 rings (SSSR count). The molecular formula is C15H9BrClN3O2S2. The van der Waals surface area contributed by atoms with Crippen LogP contribution in [0.3, 0.4) is 0 Å². The van der Waals surface area contributed by atoms with E-state index in [1.165, 1.54) is 11.3 Å². The van der Waals surface area contributed by atoms with Crippen molar-refractivity contribution in [3.05, 3.63) is 55.0 Å². The van der Waals surface area contributed by atoms with E-state index in [2.05, 4.69) is 31.1 Å². The highest BCUT2D eigenvalue weighted by Crippen LogP contribution is 2.30. The van der Waals surface area contributed by atoms with E-state index in [1.807, 2.05) is 24.3 Å². The summed E-state index contributed by atoms with van der Waals surface area (Å²) in [4.78, 5) is 16.8. The van der Waals surface area contributed by atoms with Crippen LogP contribution in [0.2, 0.25) is 5.02 Å². The molecule has 1 aromatic carbocycles. The normalized spacial score (nSPS) is 11.7. The molecule has 0 aliphatic carbocycles. The van der Waals surface area contributed by atoms with Crippen molar-refractivity contribution in [3.63, 3.8) is 0 Å². The van der Waals surface area contributed by atoms with E-state index < -0.39 is 5.97 Å². The number of nitrogens with zero attached hydrogens (tertiary/aromatic N) is 2. The number of aliphatic carboxylic acids is 1. The average molecular weight is 443 g/mol. The standard InChI is InChI=1S/C15H9BrClN3O2S2/c16-12-6-5-10(23-12)7-11(14(21)22)24-15-18-13(19-20-15)8-1-3-9(17)4-2-8/h1-7H,(H,21,22)(H,18,19,20)/b11-7-. The highest BCUT2D eigenvalue weighted by molar-refractivity contribution is 9.11. The average Bonchev–Trinajstić information content (AvgIpc) is 3.17. The van der Waals surface area contributed by atoms with Gasteiger partial charge in [0.05, 0.1) is 3.79 Å². The van der Waals surface area contributed by atoms with Gasteiger partial charge >= 0.3 is 5.97 Å². The van der Waals surface area contributed by atoms with Gasteiger partial charge in [0, 0.05) is 15.5 Å². The number of carboxylic acid groups (broad SMARTS) is 1. The maximum Gasteiger partial charge on any atom is 0.342 e. The van der Waals surface area contributed by atoms with Crippen molar-refractivity contribution in [2.24, 2.45) is 0 Å². The Kier molecular flexibility index (Phi) is 5.40. The Balaban J connectivity index is 1.82. The van der Waals surface area contributed by atoms with Crippen molar-refractivity contribution >= 4 is 62.7 Å². The molecule has 0 aliphatic rings. The number of carboxylic acids is 1. The first kappa shape index (κ1) is 17.2. The monoisotopic (exact) mass is 441 g/mol. The minimum absolute atomic E-state index is 0.144. The van der Waals surface area contributed by atoms with Crippen LogP contribution in [0.1, 0.15) is 4.88 Å². The van der Waals surface area contributed by atoms with Crippen LogP contribution in [0.5, 0.6) is 0 Å². The summed E-state index contributed by atoms with van der Waals surface area (Å²) in [5.74, 6) is -0.472. The van der Waals surface area contributed by atoms with E-state index in [0.29, 0.717) is 16.0 Å². The molecule has 0 bridgehead atoms. The van der Waals surface area contributed by atoms with Gasteiger partial charge in [-0.25, -0.2) is 9.78 Å². The predicted molar refractivity (Wildman–Crippen MR) is 100 cm³/mol. The number of hydrogen-bond donors (Lipinski definition) is 2. The molecule has 0 radical (unpaired) electrons. The van der Waals surface area contributed by atoms with Crippen molar-refractivity contribution in [2.75, 3.05) is 0 Å². The number of aromatic nitrogens is 3. The molecule has 24 heavy (non-hydrogen) atoms. The van der Waals surface area contributed by atoms with Gasteiger partial charge in [-0.05, 0) is 70.2 Å². The molecule has 9 heteroatoms. The Labute approximate surface area is 158 Å². The van der Waals surface area contributed by atoms with Crippen LogP contribution >= 0.6 is 50.6 Å². The van der Waals surface area contributed by atoms with Gasteiger partial charge in [-0.2, -0.15) is 0 Å². The summed E-state index contributed by atoms with van der Waals surface area (Å²) in [6.45, 7) is 0. The molecule has 3 aromatic rings. The first-order valence-electron chi connectivity index (χ1n) is 6.58. The molecule has 0 fully saturated rings. The zero-order valence-corrected chi connectivity index (χ0v) is 15.8. The van der Waals surface area contributed by atoms with Crippen LogP contribution < -0.4 is 0 Å². The maximum absolute atomic E-state index is 11.5. The third-order valence-electron chi connectivity index (χ3n) is 2.86. The highest BCUT2D eigenvalue weighted by atomic mass is 79.9. The fourth-order valence-corrected chi connectivity index (χ4v) is 4.06. The number of thioether (sulfide) groups is 1. The second-order valence-corrected chi connectivity index (χ2v) is 8.47. The molecular weight excluding hydrogens is 434 g/mol. The lowest BCUT2D eigenvalue weighted by atomic mass is 10.2. The minimum atomic E-state index is -1.03. The zero-order valence-electron chi connectivity index (χ0n) is 11.9. The van der Waals surface area contributed by atoms with E-state index >= 15 is 0 Å². The summed E-state index contributed by atoms with van der Waals surface area (Å²) in [5.41, 5.74) is 0.821. The number of thiophene rings is 1. The smallest absolute Gasteiger partial charge is 0.342 e. The Morgan fingerprint density at radius 3 is 2.67 bits per heavy atom. The third kappa shape index (κ3) is 4.27. The summed E-state index contributed by atoms with van der Waals surface area (Å²) in [7, 11) is 0. The first-order valence-corrected chi connectivity index (χ1v) is 9.38. The second kappa shape index (κ2) is 7.52. The van der Waals surface area contributed by atoms with Crippen molar-refractivity contribution < 1.29 is 9.90 Å². The van der Waals surface area contributed by atoms with Crippen LogP contribution in [0, 0.1) is 0 Å². The van der Waals surface area contributed by atoms with Gasteiger partial charge in [0.15, 0.2) is 5.82 Å². The Hall–Kier alpha value is -1.61. The molecule has 0 unspecified atom stereocenters. The molecule has 5 nitrogen and oxygen atoms in total. The highest BCUT2D eigenvalue weighted by Gasteiger charge is 2.14. The van der Waals surface area contributed by atoms with Gasteiger partial charge in [0.2, 0.25) is 5.16 Å². The molecule has 2 aromatic heterocycles. The molecule has 0 aliphatic heterocycles. The summed E-state index contributed by atoms with van der Waals surface area (Å²) in [6.07, 6.45) is 1.60. The SMILES string of the molecule is O=C(O)/C(=C/c1ccc(Br)s1)Sc1n[nH]c(-c2ccc(Cl)cc2)n1. The third-order valence-corrected chi connectivity index (χ3v) is 5.56. The van der Waals surface area contributed by atoms with E-state index in [1.54, 1.807) is 18.2 Å². The topological polar surface area (TPSA) is 78.9 Å². The summed E-state index contributed by atoms with van der Waals surface area (Å²) >= 11 is 11.7. The van der Waals surface area contributed by atoms with E-state index in [4.69, 9.17) is 11.6 Å². The molecule has 2 heterocycles. The van der Waals surface area contributed by atoms with Gasteiger partial charge in [-0.1, -0.05) is 11.6 Å². The van der Waals surface area contributed by atoms with Gasteiger partial charge in [0.25, 0.3) is 0 Å². The largest absolute Gasteiger partial charge is 0.477 e. The van der Waals surface area contributed by atoms with Gasteiger partial charge in [-0.3, -0.25) is 5.10 Å². The lowest BCUT2D eigenvalue weighted by Gasteiger charge is -1.97. The molecule has 2 N–H and O–H groups in total. The van der Waals surface area contributed by atoms with E-state index in [0.717, 1.165) is 26.0 Å². The number of rotatable bonds is 5. The number of hydrogen-bond acceptors (Lipinski definition) is 5. The Morgan fingerprint density at radius 1 is 1.29 bits per heavy atom. The maximum atomic E-state index is 11.5.